The molecule has 0 fully saturated rings. The molecule has 0 spiro atoms. The van der Waals surface area contributed by atoms with Crippen molar-refractivity contribution in [2.45, 2.75) is 26.7 Å². The molecule has 0 aliphatic carbocycles. The fourth-order valence-electron chi connectivity index (χ4n) is 1.91. The Kier molecular flexibility index (Phi) is 5.66. The first-order valence-electron chi connectivity index (χ1n) is 7.17. The molecular formula is C16H19N3O2S. The predicted octanol–water partition coefficient (Wildman–Crippen LogP) is 2.84. The summed E-state index contributed by atoms with van der Waals surface area (Å²) in [7, 11) is 0. The molecule has 0 saturated carbocycles. The van der Waals surface area contributed by atoms with Gasteiger partial charge in [-0.1, -0.05) is 31.2 Å². The molecule has 0 radical (unpaired) electrons. The highest BCUT2D eigenvalue weighted by molar-refractivity contribution is 7.14. The standard InChI is InChI=1S/C16H19N3O2S/c1-3-12-4-6-13(7-5-12)14-10-22-16(18-14)19-15(21)8-9-17-11(2)20/h4-7,10H,3,8-9H2,1-2H3,(H,17,20)(H,18,19,21). The number of nitrogens with one attached hydrogen (secondary N) is 2. The van der Waals surface area contributed by atoms with Gasteiger partial charge >= 0.3 is 0 Å². The summed E-state index contributed by atoms with van der Waals surface area (Å²) < 4.78 is 0. The third-order valence-electron chi connectivity index (χ3n) is 3.13. The lowest BCUT2D eigenvalue weighted by Crippen LogP contribution is -2.25. The average molecular weight is 317 g/mol. The lowest BCUT2D eigenvalue weighted by molar-refractivity contribution is -0.119. The molecule has 22 heavy (non-hydrogen) atoms. The van der Waals surface area contributed by atoms with E-state index in [1.807, 2.05) is 17.5 Å². The molecule has 0 aliphatic rings. The summed E-state index contributed by atoms with van der Waals surface area (Å²) >= 11 is 1.39. The number of anilines is 1. The van der Waals surface area contributed by atoms with Crippen LogP contribution < -0.4 is 10.6 Å². The van der Waals surface area contributed by atoms with E-state index >= 15 is 0 Å². The number of rotatable bonds is 6. The quantitative estimate of drug-likeness (QED) is 0.860. The molecular weight excluding hydrogens is 298 g/mol. The minimum absolute atomic E-state index is 0.139. The molecule has 0 aliphatic heterocycles. The number of thiazole rings is 1. The van der Waals surface area contributed by atoms with Crippen molar-refractivity contribution in [2.24, 2.45) is 0 Å². The van der Waals surface area contributed by atoms with E-state index in [9.17, 15) is 9.59 Å². The number of aromatic nitrogens is 1. The Morgan fingerprint density at radius 3 is 2.59 bits per heavy atom. The third kappa shape index (κ3) is 4.66. The summed E-state index contributed by atoms with van der Waals surface area (Å²) in [4.78, 5) is 26.9. The second kappa shape index (κ2) is 7.70. The monoisotopic (exact) mass is 317 g/mol. The van der Waals surface area contributed by atoms with Gasteiger partial charge in [0.25, 0.3) is 0 Å². The summed E-state index contributed by atoms with van der Waals surface area (Å²) in [5.74, 6) is -0.296. The number of carbonyl (C=O) groups excluding carboxylic acids is 2. The van der Waals surface area contributed by atoms with E-state index in [-0.39, 0.29) is 18.2 Å². The lowest BCUT2D eigenvalue weighted by atomic mass is 10.1. The molecule has 5 nitrogen and oxygen atoms in total. The third-order valence-corrected chi connectivity index (χ3v) is 3.89. The van der Waals surface area contributed by atoms with Crippen molar-refractivity contribution in [3.8, 4) is 11.3 Å². The van der Waals surface area contributed by atoms with Crippen molar-refractivity contribution < 1.29 is 9.59 Å². The van der Waals surface area contributed by atoms with Crippen LogP contribution in [0.1, 0.15) is 25.8 Å². The van der Waals surface area contributed by atoms with Crippen LogP contribution in [0.15, 0.2) is 29.6 Å². The molecule has 1 aromatic carbocycles. The maximum Gasteiger partial charge on any atom is 0.227 e. The highest BCUT2D eigenvalue weighted by atomic mass is 32.1. The van der Waals surface area contributed by atoms with Crippen LogP contribution in [-0.4, -0.2) is 23.3 Å². The largest absolute Gasteiger partial charge is 0.356 e. The Labute approximate surface area is 133 Å². The van der Waals surface area contributed by atoms with Crippen molar-refractivity contribution in [1.82, 2.24) is 10.3 Å². The van der Waals surface area contributed by atoms with E-state index in [1.54, 1.807) is 0 Å². The number of carbonyl (C=O) groups is 2. The minimum atomic E-state index is -0.156. The fraction of sp³-hybridized carbons (Fsp3) is 0.312. The van der Waals surface area contributed by atoms with Gasteiger partial charge < -0.3 is 10.6 Å². The van der Waals surface area contributed by atoms with Gasteiger partial charge in [0, 0.05) is 30.8 Å². The normalized spacial score (nSPS) is 10.3. The smallest absolute Gasteiger partial charge is 0.227 e. The number of amides is 2. The van der Waals surface area contributed by atoms with Gasteiger partial charge in [-0.05, 0) is 12.0 Å². The Bertz CT molecular complexity index is 650. The maximum atomic E-state index is 11.7. The number of benzene rings is 1. The van der Waals surface area contributed by atoms with Gasteiger partial charge in [-0.2, -0.15) is 0 Å². The summed E-state index contributed by atoms with van der Waals surface area (Å²) in [6.07, 6.45) is 1.24. The van der Waals surface area contributed by atoms with Crippen LogP contribution in [-0.2, 0) is 16.0 Å². The Morgan fingerprint density at radius 1 is 1.23 bits per heavy atom. The van der Waals surface area contributed by atoms with Gasteiger partial charge in [0.1, 0.15) is 0 Å². The zero-order valence-corrected chi connectivity index (χ0v) is 13.5. The second-order valence-electron chi connectivity index (χ2n) is 4.87. The fourth-order valence-corrected chi connectivity index (χ4v) is 2.64. The number of nitrogens with zero attached hydrogens (tertiary/aromatic N) is 1. The van der Waals surface area contributed by atoms with Crippen LogP contribution in [0.5, 0.6) is 0 Å². The molecule has 2 aromatic rings. The topological polar surface area (TPSA) is 71.1 Å². The zero-order chi connectivity index (χ0) is 15.9. The van der Waals surface area contributed by atoms with Gasteiger partial charge in [0.15, 0.2) is 5.13 Å². The first kappa shape index (κ1) is 16.2. The van der Waals surface area contributed by atoms with Crippen LogP contribution in [0.25, 0.3) is 11.3 Å². The van der Waals surface area contributed by atoms with E-state index in [1.165, 1.54) is 23.8 Å². The van der Waals surface area contributed by atoms with E-state index in [2.05, 4.69) is 34.7 Å². The zero-order valence-electron chi connectivity index (χ0n) is 12.7. The van der Waals surface area contributed by atoms with Gasteiger partial charge in [-0.25, -0.2) is 4.98 Å². The van der Waals surface area contributed by atoms with E-state index in [4.69, 9.17) is 0 Å². The maximum absolute atomic E-state index is 11.7. The van der Waals surface area contributed by atoms with Crippen LogP contribution >= 0.6 is 11.3 Å². The van der Waals surface area contributed by atoms with Crippen LogP contribution in [0.3, 0.4) is 0 Å². The Morgan fingerprint density at radius 2 is 1.95 bits per heavy atom. The van der Waals surface area contributed by atoms with E-state index in [0.29, 0.717) is 11.7 Å². The van der Waals surface area contributed by atoms with Crippen molar-refractivity contribution >= 4 is 28.3 Å². The first-order chi connectivity index (χ1) is 10.6. The number of hydrogen-bond acceptors (Lipinski definition) is 4. The van der Waals surface area contributed by atoms with Crippen LogP contribution in [0.4, 0.5) is 5.13 Å². The first-order valence-corrected chi connectivity index (χ1v) is 8.05. The molecule has 2 amide bonds. The van der Waals surface area contributed by atoms with Crippen molar-refractivity contribution in [1.29, 1.82) is 0 Å². The summed E-state index contributed by atoms with van der Waals surface area (Å²) in [6, 6.07) is 8.24. The van der Waals surface area contributed by atoms with Crippen LogP contribution in [0, 0.1) is 0 Å². The molecule has 0 atom stereocenters. The van der Waals surface area contributed by atoms with Crippen molar-refractivity contribution in [3.63, 3.8) is 0 Å². The molecule has 6 heteroatoms. The lowest BCUT2D eigenvalue weighted by Gasteiger charge is -2.02. The predicted molar refractivity (Wildman–Crippen MR) is 88.9 cm³/mol. The molecule has 0 bridgehead atoms. The summed E-state index contributed by atoms with van der Waals surface area (Å²) in [6.45, 7) is 3.87. The van der Waals surface area contributed by atoms with Crippen molar-refractivity contribution in [2.75, 3.05) is 11.9 Å². The number of hydrogen-bond donors (Lipinski definition) is 2. The van der Waals surface area contributed by atoms with Gasteiger partial charge in [-0.3, -0.25) is 9.59 Å². The van der Waals surface area contributed by atoms with E-state index < -0.39 is 0 Å². The average Bonchev–Trinajstić information content (AvgIpc) is 2.95. The van der Waals surface area contributed by atoms with E-state index in [0.717, 1.165) is 17.7 Å². The van der Waals surface area contributed by atoms with Gasteiger partial charge in [-0.15, -0.1) is 11.3 Å². The molecule has 1 heterocycles. The summed E-state index contributed by atoms with van der Waals surface area (Å²) in [5.41, 5.74) is 3.17. The molecule has 116 valence electrons. The molecule has 0 saturated heterocycles. The Balaban J connectivity index is 1.93. The van der Waals surface area contributed by atoms with Crippen molar-refractivity contribution in [3.05, 3.63) is 35.2 Å². The minimum Gasteiger partial charge on any atom is -0.356 e. The highest BCUT2D eigenvalue weighted by Gasteiger charge is 2.08. The van der Waals surface area contributed by atoms with Crippen LogP contribution in [0.2, 0.25) is 0 Å². The molecule has 1 aromatic heterocycles. The Hall–Kier alpha value is -2.21. The molecule has 2 N–H and O–H groups in total. The molecule has 0 unspecified atom stereocenters. The highest BCUT2D eigenvalue weighted by Crippen LogP contribution is 2.25. The molecule has 2 rings (SSSR count). The van der Waals surface area contributed by atoms with Gasteiger partial charge in [0.2, 0.25) is 11.8 Å². The summed E-state index contributed by atoms with van der Waals surface area (Å²) in [5, 5.41) is 7.83. The number of aryl methyl sites for hydroxylation is 1. The SMILES string of the molecule is CCc1ccc(-c2csc(NC(=O)CCNC(C)=O)n2)cc1. The van der Waals surface area contributed by atoms with Gasteiger partial charge in [0.05, 0.1) is 5.69 Å². The second-order valence-corrected chi connectivity index (χ2v) is 5.73.